The first-order chi connectivity index (χ1) is 4.86. The van der Waals surface area contributed by atoms with Gasteiger partial charge in [0, 0.05) is 0 Å². The van der Waals surface area contributed by atoms with E-state index in [0.29, 0.717) is 5.92 Å². The monoisotopic (exact) mass is 136 g/mol. The molecule has 0 saturated carbocycles. The van der Waals surface area contributed by atoms with E-state index in [9.17, 15) is 4.79 Å². The Kier molecular flexibility index (Phi) is 2.43. The number of aldehydes is 1. The maximum absolute atomic E-state index is 10.3. The van der Waals surface area contributed by atoms with E-state index in [1.165, 1.54) is 0 Å². The fourth-order valence-electron chi connectivity index (χ4n) is 1.27. The van der Waals surface area contributed by atoms with Crippen molar-refractivity contribution in [2.75, 3.05) is 0 Å². The summed E-state index contributed by atoms with van der Waals surface area (Å²) >= 11 is 0. The molecule has 0 aromatic heterocycles. The van der Waals surface area contributed by atoms with Crippen LogP contribution in [0.3, 0.4) is 0 Å². The van der Waals surface area contributed by atoms with E-state index < -0.39 is 0 Å². The summed E-state index contributed by atoms with van der Waals surface area (Å²) in [4.78, 5) is 10.3. The van der Waals surface area contributed by atoms with Crippen molar-refractivity contribution in [2.24, 2.45) is 5.92 Å². The molecule has 1 atom stereocenters. The largest absolute Gasteiger partial charge is 0.298 e. The number of hydrogen-bond donors (Lipinski definition) is 0. The molecule has 10 heavy (non-hydrogen) atoms. The molecule has 0 N–H and O–H groups in total. The maximum Gasteiger partial charge on any atom is 0.145 e. The van der Waals surface area contributed by atoms with Crippen LogP contribution in [0.1, 0.15) is 19.3 Å². The normalized spacial score (nSPS) is 25.2. The molecule has 0 bridgehead atoms. The van der Waals surface area contributed by atoms with E-state index in [0.717, 1.165) is 31.1 Å². The van der Waals surface area contributed by atoms with Crippen LogP contribution in [0.4, 0.5) is 0 Å². The van der Waals surface area contributed by atoms with Crippen LogP contribution in [0.2, 0.25) is 0 Å². The van der Waals surface area contributed by atoms with Crippen molar-refractivity contribution < 1.29 is 4.79 Å². The van der Waals surface area contributed by atoms with Crippen molar-refractivity contribution in [3.05, 3.63) is 24.3 Å². The van der Waals surface area contributed by atoms with Gasteiger partial charge in [-0.15, -0.1) is 6.58 Å². The summed E-state index contributed by atoms with van der Waals surface area (Å²) in [6, 6.07) is 0. The predicted molar refractivity (Wildman–Crippen MR) is 41.7 cm³/mol. The molecule has 0 saturated heterocycles. The van der Waals surface area contributed by atoms with Crippen molar-refractivity contribution in [3.8, 4) is 0 Å². The van der Waals surface area contributed by atoms with E-state index in [2.05, 4.69) is 6.58 Å². The first kappa shape index (κ1) is 7.26. The fourth-order valence-corrected chi connectivity index (χ4v) is 1.27. The van der Waals surface area contributed by atoms with Crippen molar-refractivity contribution in [2.45, 2.75) is 19.3 Å². The van der Waals surface area contributed by atoms with Crippen LogP contribution < -0.4 is 0 Å². The van der Waals surface area contributed by atoms with Crippen LogP contribution in [-0.4, -0.2) is 6.29 Å². The van der Waals surface area contributed by atoms with Gasteiger partial charge in [-0.3, -0.25) is 4.79 Å². The number of carbonyl (C=O) groups excluding carboxylic acids is 1. The van der Waals surface area contributed by atoms with E-state index >= 15 is 0 Å². The Morgan fingerprint density at radius 1 is 1.70 bits per heavy atom. The first-order valence-corrected chi connectivity index (χ1v) is 3.65. The second kappa shape index (κ2) is 3.35. The van der Waals surface area contributed by atoms with Gasteiger partial charge in [-0.25, -0.2) is 0 Å². The molecule has 0 aromatic rings. The maximum atomic E-state index is 10.3. The lowest BCUT2D eigenvalue weighted by molar-refractivity contribution is -0.105. The number of rotatable bonds is 2. The Morgan fingerprint density at radius 2 is 2.50 bits per heavy atom. The Bertz CT molecular complexity index is 168. The summed E-state index contributed by atoms with van der Waals surface area (Å²) < 4.78 is 0. The van der Waals surface area contributed by atoms with Crippen molar-refractivity contribution in [3.63, 3.8) is 0 Å². The zero-order valence-corrected chi connectivity index (χ0v) is 6.05. The van der Waals surface area contributed by atoms with Crippen LogP contribution in [0.25, 0.3) is 0 Å². The second-order valence-corrected chi connectivity index (χ2v) is 2.65. The van der Waals surface area contributed by atoms with Gasteiger partial charge in [-0.05, 0) is 30.8 Å². The number of allylic oxidation sites excluding steroid dienone is 3. The molecule has 0 amide bonds. The summed E-state index contributed by atoms with van der Waals surface area (Å²) in [5.74, 6) is 0.439. The summed E-state index contributed by atoms with van der Waals surface area (Å²) in [6.45, 7) is 3.69. The van der Waals surface area contributed by atoms with Crippen LogP contribution in [0.15, 0.2) is 24.3 Å². The second-order valence-electron chi connectivity index (χ2n) is 2.65. The summed E-state index contributed by atoms with van der Waals surface area (Å²) in [5.41, 5.74) is 0.941. The van der Waals surface area contributed by atoms with Gasteiger partial charge in [0.25, 0.3) is 0 Å². The van der Waals surface area contributed by atoms with Gasteiger partial charge in [0.1, 0.15) is 6.29 Å². The molecule has 0 heterocycles. The Hall–Kier alpha value is -0.850. The predicted octanol–water partition coefficient (Wildman–Crippen LogP) is 2.10. The fraction of sp³-hybridized carbons (Fsp3) is 0.444. The SMILES string of the molecule is C=CC1C=C(C=O)CCC1. The molecule has 1 nitrogen and oxygen atoms in total. The molecule has 1 rings (SSSR count). The van der Waals surface area contributed by atoms with Gasteiger partial charge in [-0.1, -0.05) is 12.2 Å². The zero-order valence-electron chi connectivity index (χ0n) is 6.05. The minimum Gasteiger partial charge on any atom is -0.298 e. The highest BCUT2D eigenvalue weighted by Gasteiger charge is 2.08. The number of carbonyl (C=O) groups is 1. The summed E-state index contributed by atoms with van der Waals surface area (Å²) in [5, 5.41) is 0. The molecule has 1 aliphatic carbocycles. The molecule has 0 aromatic carbocycles. The minimum atomic E-state index is 0.439. The highest BCUT2D eigenvalue weighted by atomic mass is 16.1. The highest BCUT2D eigenvalue weighted by Crippen LogP contribution is 2.21. The van der Waals surface area contributed by atoms with E-state index in [1.54, 1.807) is 0 Å². The van der Waals surface area contributed by atoms with E-state index in [1.807, 2.05) is 12.2 Å². The molecule has 0 radical (unpaired) electrons. The summed E-state index contributed by atoms with van der Waals surface area (Å²) in [6.07, 6.45) is 8.11. The quantitative estimate of drug-likeness (QED) is 0.419. The molecule has 1 heteroatoms. The Morgan fingerprint density at radius 3 is 3.10 bits per heavy atom. The lowest BCUT2D eigenvalue weighted by Crippen LogP contribution is -2.01. The zero-order chi connectivity index (χ0) is 7.40. The minimum absolute atomic E-state index is 0.439. The topological polar surface area (TPSA) is 17.1 Å². The van der Waals surface area contributed by atoms with E-state index in [-0.39, 0.29) is 0 Å². The van der Waals surface area contributed by atoms with Gasteiger partial charge in [0.2, 0.25) is 0 Å². The molecular weight excluding hydrogens is 124 g/mol. The highest BCUT2D eigenvalue weighted by molar-refractivity contribution is 5.73. The summed E-state index contributed by atoms with van der Waals surface area (Å²) in [7, 11) is 0. The van der Waals surface area contributed by atoms with Crippen LogP contribution in [0.5, 0.6) is 0 Å². The van der Waals surface area contributed by atoms with Gasteiger partial charge >= 0.3 is 0 Å². The molecule has 0 fully saturated rings. The van der Waals surface area contributed by atoms with Crippen molar-refractivity contribution in [1.29, 1.82) is 0 Å². The Labute approximate surface area is 61.4 Å². The van der Waals surface area contributed by atoms with Crippen molar-refractivity contribution >= 4 is 6.29 Å². The molecule has 0 aliphatic heterocycles. The third-order valence-corrected chi connectivity index (χ3v) is 1.89. The first-order valence-electron chi connectivity index (χ1n) is 3.65. The van der Waals surface area contributed by atoms with Crippen LogP contribution >= 0.6 is 0 Å². The van der Waals surface area contributed by atoms with E-state index in [4.69, 9.17) is 0 Å². The lowest BCUT2D eigenvalue weighted by atomic mass is 9.91. The third-order valence-electron chi connectivity index (χ3n) is 1.89. The molecule has 1 aliphatic rings. The molecule has 0 spiro atoms. The Balaban J connectivity index is 2.64. The van der Waals surface area contributed by atoms with Crippen molar-refractivity contribution in [1.82, 2.24) is 0 Å². The number of hydrogen-bond acceptors (Lipinski definition) is 1. The molecule has 54 valence electrons. The van der Waals surface area contributed by atoms with Crippen LogP contribution in [-0.2, 0) is 4.79 Å². The average molecular weight is 136 g/mol. The smallest absolute Gasteiger partial charge is 0.145 e. The van der Waals surface area contributed by atoms with Gasteiger partial charge in [-0.2, -0.15) is 0 Å². The molecular formula is C9H12O. The standard InChI is InChI=1S/C9H12O/c1-2-8-4-3-5-9(6-8)7-10/h2,6-8H,1,3-5H2. The lowest BCUT2D eigenvalue weighted by Gasteiger charge is -2.13. The molecule has 1 unspecified atom stereocenters. The van der Waals surface area contributed by atoms with Crippen LogP contribution in [0, 0.1) is 5.92 Å². The third kappa shape index (κ3) is 1.56. The van der Waals surface area contributed by atoms with Gasteiger partial charge in [0.15, 0.2) is 0 Å². The van der Waals surface area contributed by atoms with Gasteiger partial charge in [0.05, 0.1) is 0 Å². The van der Waals surface area contributed by atoms with Gasteiger partial charge < -0.3 is 0 Å². The average Bonchev–Trinajstić information content (AvgIpc) is 2.05.